The molecule has 4 rings (SSSR count). The number of ether oxygens (including phenoxy) is 1. The summed E-state index contributed by atoms with van der Waals surface area (Å²) in [4.78, 5) is 27.9. The third kappa shape index (κ3) is 3.31. The summed E-state index contributed by atoms with van der Waals surface area (Å²) in [5.41, 5.74) is 3.07. The predicted molar refractivity (Wildman–Crippen MR) is 107 cm³/mol. The summed E-state index contributed by atoms with van der Waals surface area (Å²) in [6.07, 6.45) is 0.813. The number of nitrogens with zero attached hydrogens (tertiary/aromatic N) is 1. The SMILES string of the molecule is COc1ccccc1C(=O)Nc1ccc2c(c1)N(C(=O)c1cccs1)CC2. The fraction of sp³-hybridized carbons (Fsp3) is 0.143. The number of hydrogen-bond acceptors (Lipinski definition) is 4. The normalized spacial score (nSPS) is 12.6. The highest BCUT2D eigenvalue weighted by Gasteiger charge is 2.26. The van der Waals surface area contributed by atoms with E-state index in [4.69, 9.17) is 4.74 Å². The van der Waals surface area contributed by atoms with Gasteiger partial charge in [0.2, 0.25) is 0 Å². The second-order valence-corrected chi connectivity index (χ2v) is 7.13. The van der Waals surface area contributed by atoms with Gasteiger partial charge in [-0.1, -0.05) is 24.3 Å². The van der Waals surface area contributed by atoms with E-state index in [9.17, 15) is 9.59 Å². The molecule has 0 unspecified atom stereocenters. The third-order valence-electron chi connectivity index (χ3n) is 4.57. The van der Waals surface area contributed by atoms with Gasteiger partial charge in [-0.25, -0.2) is 0 Å². The Bertz CT molecular complexity index is 998. The Kier molecular flexibility index (Phi) is 4.64. The lowest BCUT2D eigenvalue weighted by Crippen LogP contribution is -2.28. The van der Waals surface area contributed by atoms with Gasteiger partial charge in [-0.3, -0.25) is 9.59 Å². The van der Waals surface area contributed by atoms with E-state index in [1.54, 1.807) is 23.1 Å². The van der Waals surface area contributed by atoms with Gasteiger partial charge in [0.05, 0.1) is 17.6 Å². The highest BCUT2D eigenvalue weighted by molar-refractivity contribution is 7.12. The lowest BCUT2D eigenvalue weighted by molar-refractivity contribution is 0.0991. The number of rotatable bonds is 4. The zero-order chi connectivity index (χ0) is 18.8. The molecule has 0 radical (unpaired) electrons. The molecule has 1 N–H and O–H groups in total. The Morgan fingerprint density at radius 2 is 1.96 bits per heavy atom. The van der Waals surface area contributed by atoms with Crippen molar-refractivity contribution < 1.29 is 14.3 Å². The van der Waals surface area contributed by atoms with Crippen LogP contribution in [0.25, 0.3) is 0 Å². The van der Waals surface area contributed by atoms with Crippen molar-refractivity contribution in [3.63, 3.8) is 0 Å². The number of hydrogen-bond donors (Lipinski definition) is 1. The van der Waals surface area contributed by atoms with Gasteiger partial charge in [0, 0.05) is 17.9 Å². The third-order valence-corrected chi connectivity index (χ3v) is 5.43. The van der Waals surface area contributed by atoms with Crippen LogP contribution in [0.3, 0.4) is 0 Å². The molecule has 2 aromatic carbocycles. The number of methoxy groups -OCH3 is 1. The highest BCUT2D eigenvalue weighted by Crippen LogP contribution is 2.33. The largest absolute Gasteiger partial charge is 0.496 e. The molecule has 1 aliphatic heterocycles. The number of fused-ring (bicyclic) bond motifs is 1. The van der Waals surface area contributed by atoms with Crippen molar-refractivity contribution in [2.45, 2.75) is 6.42 Å². The standard InChI is InChI=1S/C21H18N2O3S/c1-26-18-6-3-2-5-16(18)20(24)22-15-9-8-14-10-11-23(17(14)13-15)21(25)19-7-4-12-27-19/h2-9,12-13H,10-11H2,1H3,(H,22,24). The van der Waals surface area contributed by atoms with Crippen molar-refractivity contribution in [2.75, 3.05) is 23.9 Å². The van der Waals surface area contributed by atoms with E-state index < -0.39 is 0 Å². The summed E-state index contributed by atoms with van der Waals surface area (Å²) in [5.74, 6) is 0.268. The van der Waals surface area contributed by atoms with Crippen LogP contribution in [0.2, 0.25) is 0 Å². The Morgan fingerprint density at radius 1 is 1.11 bits per heavy atom. The lowest BCUT2D eigenvalue weighted by atomic mass is 10.1. The maximum atomic E-state index is 12.7. The summed E-state index contributed by atoms with van der Waals surface area (Å²) in [5, 5.41) is 4.80. The summed E-state index contributed by atoms with van der Waals surface area (Å²) in [6.45, 7) is 0.649. The lowest BCUT2D eigenvalue weighted by Gasteiger charge is -2.17. The van der Waals surface area contributed by atoms with E-state index in [2.05, 4.69) is 5.32 Å². The molecular weight excluding hydrogens is 360 g/mol. The number of amides is 2. The summed E-state index contributed by atoms with van der Waals surface area (Å²) < 4.78 is 5.26. The van der Waals surface area contributed by atoms with Crippen molar-refractivity contribution >= 4 is 34.5 Å². The van der Waals surface area contributed by atoms with Crippen LogP contribution in [0.5, 0.6) is 5.75 Å². The minimum Gasteiger partial charge on any atom is -0.496 e. The van der Waals surface area contributed by atoms with E-state index in [-0.39, 0.29) is 11.8 Å². The second-order valence-electron chi connectivity index (χ2n) is 6.18. The molecule has 27 heavy (non-hydrogen) atoms. The molecule has 6 heteroatoms. The molecular formula is C21H18N2O3S. The Hall–Kier alpha value is -3.12. The van der Waals surface area contributed by atoms with Gasteiger partial charge < -0.3 is 15.0 Å². The minimum absolute atomic E-state index is 0.00282. The van der Waals surface area contributed by atoms with Gasteiger partial charge in [0.15, 0.2) is 0 Å². The molecule has 0 spiro atoms. The molecule has 136 valence electrons. The molecule has 0 atom stereocenters. The summed E-state index contributed by atoms with van der Waals surface area (Å²) >= 11 is 1.43. The Labute approximate surface area is 161 Å². The number of benzene rings is 2. The van der Waals surface area contributed by atoms with Crippen LogP contribution in [-0.4, -0.2) is 25.5 Å². The van der Waals surface area contributed by atoms with E-state index in [0.717, 1.165) is 17.7 Å². The summed E-state index contributed by atoms with van der Waals surface area (Å²) in [6, 6.07) is 16.5. The van der Waals surface area contributed by atoms with Crippen LogP contribution >= 0.6 is 11.3 Å². The van der Waals surface area contributed by atoms with Crippen LogP contribution < -0.4 is 15.0 Å². The first-order chi connectivity index (χ1) is 13.2. The topological polar surface area (TPSA) is 58.6 Å². The van der Waals surface area contributed by atoms with E-state index >= 15 is 0 Å². The van der Waals surface area contributed by atoms with Gasteiger partial charge >= 0.3 is 0 Å². The first-order valence-corrected chi connectivity index (χ1v) is 9.48. The molecule has 0 bridgehead atoms. The molecule has 0 saturated heterocycles. The van der Waals surface area contributed by atoms with Crippen molar-refractivity contribution in [1.82, 2.24) is 0 Å². The monoisotopic (exact) mass is 378 g/mol. The maximum Gasteiger partial charge on any atom is 0.268 e. The summed E-state index contributed by atoms with van der Waals surface area (Å²) in [7, 11) is 1.54. The van der Waals surface area contributed by atoms with Crippen LogP contribution in [0.1, 0.15) is 25.6 Å². The van der Waals surface area contributed by atoms with Crippen LogP contribution in [-0.2, 0) is 6.42 Å². The Balaban J connectivity index is 1.59. The predicted octanol–water partition coefficient (Wildman–Crippen LogP) is 4.21. The van der Waals surface area contributed by atoms with Crippen molar-refractivity contribution in [1.29, 1.82) is 0 Å². The number of para-hydroxylation sites is 1. The first-order valence-electron chi connectivity index (χ1n) is 8.60. The number of thiophene rings is 1. The fourth-order valence-electron chi connectivity index (χ4n) is 3.23. The second kappa shape index (κ2) is 7.25. The number of anilines is 2. The molecule has 0 aliphatic carbocycles. The van der Waals surface area contributed by atoms with Crippen molar-refractivity contribution in [3.05, 3.63) is 76.0 Å². The Morgan fingerprint density at radius 3 is 2.74 bits per heavy atom. The number of carbonyl (C=O) groups is 2. The molecule has 5 nitrogen and oxygen atoms in total. The minimum atomic E-state index is -0.249. The molecule has 1 aromatic heterocycles. The average molecular weight is 378 g/mol. The fourth-order valence-corrected chi connectivity index (χ4v) is 3.90. The highest BCUT2D eigenvalue weighted by atomic mass is 32.1. The van der Waals surface area contributed by atoms with E-state index in [1.165, 1.54) is 18.4 Å². The molecule has 3 aromatic rings. The number of nitrogens with one attached hydrogen (secondary N) is 1. The molecule has 2 heterocycles. The van der Waals surface area contributed by atoms with Gasteiger partial charge in [-0.2, -0.15) is 0 Å². The number of carbonyl (C=O) groups excluding carboxylic acids is 2. The molecule has 2 amide bonds. The van der Waals surface area contributed by atoms with Crippen LogP contribution in [0.15, 0.2) is 60.0 Å². The maximum absolute atomic E-state index is 12.7. The van der Waals surface area contributed by atoms with Crippen LogP contribution in [0, 0.1) is 0 Å². The van der Waals surface area contributed by atoms with Crippen molar-refractivity contribution in [2.24, 2.45) is 0 Å². The molecule has 0 saturated carbocycles. The van der Waals surface area contributed by atoms with E-state index in [0.29, 0.717) is 28.4 Å². The van der Waals surface area contributed by atoms with Gasteiger partial charge in [-0.15, -0.1) is 11.3 Å². The van der Waals surface area contributed by atoms with Crippen LogP contribution in [0.4, 0.5) is 11.4 Å². The first kappa shape index (κ1) is 17.3. The zero-order valence-electron chi connectivity index (χ0n) is 14.8. The van der Waals surface area contributed by atoms with E-state index in [1.807, 2.05) is 41.8 Å². The van der Waals surface area contributed by atoms with Crippen molar-refractivity contribution in [3.8, 4) is 5.75 Å². The molecule has 1 aliphatic rings. The van der Waals surface area contributed by atoms with Gasteiger partial charge in [0.1, 0.15) is 5.75 Å². The molecule has 0 fully saturated rings. The van der Waals surface area contributed by atoms with Gasteiger partial charge in [-0.05, 0) is 47.7 Å². The zero-order valence-corrected chi connectivity index (χ0v) is 15.6. The average Bonchev–Trinajstić information content (AvgIpc) is 3.37. The quantitative estimate of drug-likeness (QED) is 0.740. The van der Waals surface area contributed by atoms with Gasteiger partial charge in [0.25, 0.3) is 11.8 Å². The smallest absolute Gasteiger partial charge is 0.268 e.